The first-order valence-corrected chi connectivity index (χ1v) is 12.7. The number of fused-ring (bicyclic) bond motifs is 6. The Kier molecular flexibility index (Phi) is 6.13. The third-order valence-electron chi connectivity index (χ3n) is 6.75. The van der Waals surface area contributed by atoms with Crippen LogP contribution >= 0.6 is 0 Å². The molecule has 0 spiro atoms. The van der Waals surface area contributed by atoms with Gasteiger partial charge in [0.25, 0.3) is 0 Å². The second-order valence-electron chi connectivity index (χ2n) is 9.29. The summed E-state index contributed by atoms with van der Waals surface area (Å²) < 4.78 is 4.41. The van der Waals surface area contributed by atoms with E-state index in [0.717, 1.165) is 83.8 Å². The molecule has 182 valence electrons. The summed E-state index contributed by atoms with van der Waals surface area (Å²) in [5.74, 6) is 1.90. The van der Waals surface area contributed by atoms with Crippen LogP contribution in [0.1, 0.15) is 12.8 Å². The van der Waals surface area contributed by atoms with Gasteiger partial charge in [-0.3, -0.25) is 0 Å². The number of nitrogens with one attached hydrogen (secondary N) is 2. The van der Waals surface area contributed by atoms with Gasteiger partial charge in [-0.15, -0.1) is 0 Å². The average Bonchev–Trinajstić information content (AvgIpc) is 3.60. The van der Waals surface area contributed by atoms with Crippen LogP contribution in [-0.2, 0) is 0 Å². The summed E-state index contributed by atoms with van der Waals surface area (Å²) in [7, 11) is 2.19. The third-order valence-corrected chi connectivity index (χ3v) is 6.75. The molecule has 4 heterocycles. The van der Waals surface area contributed by atoms with Gasteiger partial charge in [0, 0.05) is 25.5 Å². The van der Waals surface area contributed by atoms with E-state index in [1.165, 1.54) is 0 Å². The minimum Gasteiger partial charge on any atom is -0.368 e. The summed E-state index contributed by atoms with van der Waals surface area (Å²) in [4.78, 5) is 12.1. The maximum absolute atomic E-state index is 4.86. The summed E-state index contributed by atoms with van der Waals surface area (Å²) >= 11 is 0. The molecule has 7 nitrogen and oxygen atoms in total. The van der Waals surface area contributed by atoms with E-state index in [2.05, 4.69) is 104 Å². The van der Waals surface area contributed by atoms with E-state index in [9.17, 15) is 0 Å². The number of aromatic nitrogens is 4. The van der Waals surface area contributed by atoms with Gasteiger partial charge in [0.2, 0.25) is 0 Å². The van der Waals surface area contributed by atoms with Crippen molar-refractivity contribution < 1.29 is 0 Å². The first-order chi connectivity index (χ1) is 17.8. The fourth-order valence-electron chi connectivity index (χ4n) is 4.93. The Morgan fingerprint density at radius 1 is 0.611 bits per heavy atom. The predicted molar refractivity (Wildman–Crippen MR) is 149 cm³/mol. The molecule has 0 fully saturated rings. The second-order valence-corrected chi connectivity index (χ2v) is 9.29. The van der Waals surface area contributed by atoms with E-state index in [1.54, 1.807) is 0 Å². The lowest BCUT2D eigenvalue weighted by molar-refractivity contribution is 0.331. The lowest BCUT2D eigenvalue weighted by atomic mass is 10.3. The van der Waals surface area contributed by atoms with Crippen molar-refractivity contribution in [3.63, 3.8) is 0 Å². The highest BCUT2D eigenvalue weighted by Crippen LogP contribution is 2.23. The predicted octanol–water partition coefficient (Wildman–Crippen LogP) is 5.52. The number of anilines is 2. The Morgan fingerprint density at radius 3 is 1.56 bits per heavy atom. The quantitative estimate of drug-likeness (QED) is 0.254. The zero-order valence-electron chi connectivity index (χ0n) is 20.6. The van der Waals surface area contributed by atoms with Crippen LogP contribution in [0, 0.1) is 0 Å². The molecule has 6 rings (SSSR count). The number of nitrogens with zero attached hydrogens (tertiary/aromatic N) is 5. The van der Waals surface area contributed by atoms with Crippen molar-refractivity contribution in [1.29, 1.82) is 0 Å². The molecule has 0 saturated carbocycles. The minimum atomic E-state index is 0.891. The Bertz CT molecular complexity index is 1510. The fourth-order valence-corrected chi connectivity index (χ4v) is 4.93. The smallest absolute Gasteiger partial charge is 0.151 e. The van der Waals surface area contributed by atoms with Gasteiger partial charge in [0.15, 0.2) is 11.6 Å². The van der Waals surface area contributed by atoms with Crippen molar-refractivity contribution in [3.05, 3.63) is 85.2 Å². The summed E-state index contributed by atoms with van der Waals surface area (Å²) in [5, 5.41) is 7.12. The van der Waals surface area contributed by atoms with Crippen molar-refractivity contribution >= 4 is 44.7 Å². The van der Waals surface area contributed by atoms with Crippen LogP contribution in [-0.4, -0.2) is 56.9 Å². The van der Waals surface area contributed by atoms with E-state index >= 15 is 0 Å². The number of para-hydroxylation sites is 4. The van der Waals surface area contributed by atoms with E-state index in [1.807, 2.05) is 12.1 Å². The summed E-state index contributed by atoms with van der Waals surface area (Å²) in [6.45, 7) is 3.86. The fraction of sp³-hybridized carbons (Fsp3) is 0.241. The van der Waals surface area contributed by atoms with Gasteiger partial charge in [-0.2, -0.15) is 0 Å². The van der Waals surface area contributed by atoms with Crippen LogP contribution in [0.2, 0.25) is 0 Å². The molecule has 0 saturated heterocycles. The topological polar surface area (TPSA) is 61.9 Å². The summed E-state index contributed by atoms with van der Waals surface area (Å²) in [6.07, 6.45) is 6.31. The zero-order chi connectivity index (χ0) is 24.3. The van der Waals surface area contributed by atoms with E-state index < -0.39 is 0 Å². The maximum atomic E-state index is 4.86. The number of benzene rings is 2. The van der Waals surface area contributed by atoms with Crippen molar-refractivity contribution in [3.8, 4) is 0 Å². The van der Waals surface area contributed by atoms with E-state index in [0.29, 0.717) is 0 Å². The largest absolute Gasteiger partial charge is 0.368 e. The first kappa shape index (κ1) is 22.4. The SMILES string of the molecule is CN(CCCNc1nc2ccccc2n2cccc12)CCCNc1nc2ccccc2n2cccc12. The molecule has 0 amide bonds. The second kappa shape index (κ2) is 9.87. The lowest BCUT2D eigenvalue weighted by Crippen LogP contribution is -2.24. The van der Waals surface area contributed by atoms with Gasteiger partial charge in [0.1, 0.15) is 0 Å². The van der Waals surface area contributed by atoms with Gasteiger partial charge in [-0.05, 0) is 81.5 Å². The standard InChI is InChI=1S/C29H31N7/c1-34(18-8-16-30-28-26-14-6-20-35(26)24-12-4-2-10-22(24)32-28)19-9-17-31-29-27-15-7-21-36(27)25-13-5-3-11-23(25)33-29/h2-7,10-15,20-21H,8-9,16-19H2,1H3,(H,30,32)(H,31,33). The van der Waals surface area contributed by atoms with Crippen LogP contribution in [0.25, 0.3) is 33.1 Å². The van der Waals surface area contributed by atoms with Crippen molar-refractivity contribution in [2.45, 2.75) is 12.8 Å². The van der Waals surface area contributed by atoms with Gasteiger partial charge >= 0.3 is 0 Å². The lowest BCUT2D eigenvalue weighted by Gasteiger charge is -2.17. The van der Waals surface area contributed by atoms with E-state index in [-0.39, 0.29) is 0 Å². The maximum Gasteiger partial charge on any atom is 0.151 e. The highest BCUT2D eigenvalue weighted by atomic mass is 15.1. The highest BCUT2D eigenvalue weighted by molar-refractivity contribution is 5.85. The van der Waals surface area contributed by atoms with Gasteiger partial charge in [-0.1, -0.05) is 24.3 Å². The van der Waals surface area contributed by atoms with Crippen molar-refractivity contribution in [2.24, 2.45) is 0 Å². The molecule has 0 aliphatic carbocycles. The summed E-state index contributed by atoms with van der Waals surface area (Å²) in [6, 6.07) is 24.9. The Labute approximate surface area is 210 Å². The molecular formula is C29H31N7. The molecule has 4 aromatic heterocycles. The van der Waals surface area contributed by atoms with Gasteiger partial charge in [0.05, 0.1) is 33.1 Å². The molecule has 0 aliphatic rings. The van der Waals surface area contributed by atoms with Crippen LogP contribution in [0.4, 0.5) is 11.6 Å². The van der Waals surface area contributed by atoms with Crippen LogP contribution < -0.4 is 10.6 Å². The van der Waals surface area contributed by atoms with Gasteiger partial charge in [-0.25, -0.2) is 9.97 Å². The normalized spacial score (nSPS) is 11.8. The molecule has 2 aromatic carbocycles. The molecular weight excluding hydrogens is 446 g/mol. The zero-order valence-corrected chi connectivity index (χ0v) is 20.6. The Hall–Kier alpha value is -4.10. The molecule has 0 bridgehead atoms. The number of rotatable bonds is 10. The van der Waals surface area contributed by atoms with E-state index in [4.69, 9.17) is 9.97 Å². The molecule has 6 aromatic rings. The van der Waals surface area contributed by atoms with Crippen LogP contribution in [0.3, 0.4) is 0 Å². The van der Waals surface area contributed by atoms with Crippen molar-refractivity contribution in [1.82, 2.24) is 23.7 Å². The van der Waals surface area contributed by atoms with Gasteiger partial charge < -0.3 is 24.3 Å². The van der Waals surface area contributed by atoms with Crippen LogP contribution in [0.5, 0.6) is 0 Å². The molecule has 7 heteroatoms. The molecule has 2 N–H and O–H groups in total. The first-order valence-electron chi connectivity index (χ1n) is 12.7. The van der Waals surface area contributed by atoms with Crippen LogP contribution in [0.15, 0.2) is 85.2 Å². The highest BCUT2D eigenvalue weighted by Gasteiger charge is 2.09. The third kappa shape index (κ3) is 4.33. The molecule has 0 radical (unpaired) electrons. The molecule has 36 heavy (non-hydrogen) atoms. The molecule has 0 atom stereocenters. The summed E-state index contributed by atoms with van der Waals surface area (Å²) in [5.41, 5.74) is 6.51. The monoisotopic (exact) mass is 477 g/mol. The average molecular weight is 478 g/mol. The number of hydrogen-bond acceptors (Lipinski definition) is 5. The Balaban J connectivity index is 0.986. The molecule has 0 aliphatic heterocycles. The number of hydrogen-bond donors (Lipinski definition) is 2. The Morgan fingerprint density at radius 2 is 1.06 bits per heavy atom. The molecule has 0 unspecified atom stereocenters. The van der Waals surface area contributed by atoms with Crippen molar-refractivity contribution in [2.75, 3.05) is 43.9 Å². The minimum absolute atomic E-state index is 0.891.